The molecular weight excluding hydrogens is 358 g/mol. The maximum absolute atomic E-state index is 12.9. The zero-order valence-corrected chi connectivity index (χ0v) is 16.7. The van der Waals surface area contributed by atoms with E-state index >= 15 is 0 Å². The van der Waals surface area contributed by atoms with Crippen molar-refractivity contribution in [3.63, 3.8) is 0 Å². The molecule has 1 aliphatic carbocycles. The fourth-order valence-electron chi connectivity index (χ4n) is 4.46. The van der Waals surface area contributed by atoms with E-state index in [1.807, 2.05) is 13.0 Å². The summed E-state index contributed by atoms with van der Waals surface area (Å²) in [5, 5.41) is 7.45. The number of ether oxygens (including phenoxy) is 3. The zero-order chi connectivity index (χ0) is 19.7. The largest absolute Gasteiger partial charge is 0.486 e. The third-order valence-electron chi connectivity index (χ3n) is 5.89. The molecule has 0 radical (unpaired) electrons. The molecule has 0 unspecified atom stereocenters. The normalized spacial score (nSPS) is 17.4. The molecule has 1 aromatic heterocycles. The van der Waals surface area contributed by atoms with Crippen molar-refractivity contribution in [1.82, 2.24) is 15.1 Å². The van der Waals surface area contributed by atoms with E-state index in [4.69, 9.17) is 14.2 Å². The van der Waals surface area contributed by atoms with Gasteiger partial charge in [-0.1, -0.05) is 18.9 Å². The number of hydrogen-bond donors (Lipinski definition) is 1. The number of aromatic nitrogens is 2. The number of benzene rings is 1. The summed E-state index contributed by atoms with van der Waals surface area (Å²) in [5.74, 6) is 1.93. The summed E-state index contributed by atoms with van der Waals surface area (Å²) in [4.78, 5) is 12.9. The molecule has 2 aromatic rings. The van der Waals surface area contributed by atoms with E-state index in [0.717, 1.165) is 37.2 Å². The van der Waals surface area contributed by atoms with Crippen LogP contribution in [0.15, 0.2) is 18.2 Å². The van der Waals surface area contributed by atoms with Crippen molar-refractivity contribution >= 4 is 5.91 Å². The Morgan fingerprint density at radius 2 is 1.96 bits per heavy atom. The van der Waals surface area contributed by atoms with Crippen molar-refractivity contribution < 1.29 is 19.0 Å². The number of hydrogen-bond acceptors (Lipinski definition) is 5. The maximum atomic E-state index is 12.9. The highest BCUT2D eigenvalue weighted by Crippen LogP contribution is 2.44. The predicted molar refractivity (Wildman–Crippen MR) is 104 cm³/mol. The first-order valence-corrected chi connectivity index (χ1v) is 9.80. The number of carbonyl (C=O) groups is 1. The Morgan fingerprint density at radius 3 is 2.68 bits per heavy atom. The first-order chi connectivity index (χ1) is 13.5. The Kier molecular flexibility index (Phi) is 4.91. The molecule has 1 saturated carbocycles. The van der Waals surface area contributed by atoms with Crippen LogP contribution < -0.4 is 19.5 Å². The van der Waals surface area contributed by atoms with Crippen LogP contribution in [-0.4, -0.2) is 42.6 Å². The Bertz CT molecular complexity index is 884. The van der Waals surface area contributed by atoms with Gasteiger partial charge in [0.05, 0.1) is 12.8 Å². The van der Waals surface area contributed by atoms with Gasteiger partial charge in [0.25, 0.3) is 5.91 Å². The Balaban J connectivity index is 1.57. The second-order valence-corrected chi connectivity index (χ2v) is 7.62. The molecule has 7 nitrogen and oxygen atoms in total. The molecule has 1 aromatic carbocycles. The zero-order valence-electron chi connectivity index (χ0n) is 16.7. The molecule has 28 heavy (non-hydrogen) atoms. The number of aryl methyl sites for hydroxylation is 2. The third-order valence-corrected chi connectivity index (χ3v) is 5.89. The first kappa shape index (κ1) is 18.7. The molecule has 0 saturated heterocycles. The molecule has 2 aliphatic rings. The minimum absolute atomic E-state index is 0.0884. The SMILES string of the molecule is COc1c(C(=O)NCC2(c3ccc4c(c3)OCCO4)CCCC2)c(C)nn1C. The minimum Gasteiger partial charge on any atom is -0.486 e. The highest BCUT2D eigenvalue weighted by Gasteiger charge is 2.37. The lowest BCUT2D eigenvalue weighted by Crippen LogP contribution is -2.39. The summed E-state index contributed by atoms with van der Waals surface area (Å²) < 4.78 is 18.4. The molecule has 1 aliphatic heterocycles. The number of methoxy groups -OCH3 is 1. The molecule has 7 heteroatoms. The van der Waals surface area contributed by atoms with Gasteiger partial charge in [0.1, 0.15) is 18.8 Å². The third kappa shape index (κ3) is 3.19. The van der Waals surface area contributed by atoms with E-state index in [1.54, 1.807) is 18.8 Å². The van der Waals surface area contributed by atoms with Gasteiger partial charge >= 0.3 is 0 Å². The summed E-state index contributed by atoms with van der Waals surface area (Å²) >= 11 is 0. The van der Waals surface area contributed by atoms with Crippen LogP contribution in [0.4, 0.5) is 0 Å². The van der Waals surface area contributed by atoms with E-state index in [0.29, 0.717) is 36.9 Å². The predicted octanol–water partition coefficient (Wildman–Crippen LogP) is 2.75. The van der Waals surface area contributed by atoms with Crippen molar-refractivity contribution in [3.05, 3.63) is 35.0 Å². The van der Waals surface area contributed by atoms with Crippen LogP contribution in [0, 0.1) is 6.92 Å². The lowest BCUT2D eigenvalue weighted by Gasteiger charge is -2.31. The molecule has 1 N–H and O–H groups in total. The number of rotatable bonds is 5. The maximum Gasteiger partial charge on any atom is 0.258 e. The van der Waals surface area contributed by atoms with Gasteiger partial charge < -0.3 is 19.5 Å². The standard InChI is InChI=1S/C21H27N3O4/c1-14-18(20(26-3)24(2)23-14)19(25)22-13-21(8-4-5-9-21)15-6-7-16-17(12-15)28-11-10-27-16/h6-7,12H,4-5,8-11,13H2,1-3H3,(H,22,25). The molecule has 0 atom stereocenters. The van der Waals surface area contributed by atoms with Crippen LogP contribution in [0.3, 0.4) is 0 Å². The number of carbonyl (C=O) groups excluding carboxylic acids is 1. The van der Waals surface area contributed by atoms with Gasteiger partial charge in [-0.05, 0) is 37.5 Å². The van der Waals surface area contributed by atoms with Crippen LogP contribution in [0.1, 0.15) is 47.3 Å². The van der Waals surface area contributed by atoms with Gasteiger partial charge in [0.15, 0.2) is 11.5 Å². The van der Waals surface area contributed by atoms with Crippen LogP contribution >= 0.6 is 0 Å². The van der Waals surface area contributed by atoms with E-state index in [9.17, 15) is 4.79 Å². The van der Waals surface area contributed by atoms with Gasteiger partial charge in [0, 0.05) is 19.0 Å². The molecule has 0 bridgehead atoms. The van der Waals surface area contributed by atoms with Crippen LogP contribution in [0.5, 0.6) is 17.4 Å². The number of nitrogens with one attached hydrogen (secondary N) is 1. The molecule has 150 valence electrons. The van der Waals surface area contributed by atoms with Crippen LogP contribution in [0.25, 0.3) is 0 Å². The molecule has 0 spiro atoms. The fourth-order valence-corrected chi connectivity index (χ4v) is 4.46. The van der Waals surface area contributed by atoms with Gasteiger partial charge in [-0.15, -0.1) is 0 Å². The van der Waals surface area contributed by atoms with Gasteiger partial charge in [-0.25, -0.2) is 4.68 Å². The van der Waals surface area contributed by atoms with Gasteiger partial charge in [0.2, 0.25) is 5.88 Å². The molecule has 1 amide bonds. The number of fused-ring (bicyclic) bond motifs is 1. The topological polar surface area (TPSA) is 74.6 Å². The quantitative estimate of drug-likeness (QED) is 0.857. The minimum atomic E-state index is -0.147. The Hall–Kier alpha value is -2.70. The first-order valence-electron chi connectivity index (χ1n) is 9.80. The number of amides is 1. The smallest absolute Gasteiger partial charge is 0.258 e. The van der Waals surface area contributed by atoms with E-state index in [1.165, 1.54) is 5.56 Å². The van der Waals surface area contributed by atoms with E-state index in [-0.39, 0.29) is 11.3 Å². The Labute approximate surface area is 165 Å². The highest BCUT2D eigenvalue weighted by molar-refractivity contribution is 5.97. The lowest BCUT2D eigenvalue weighted by molar-refractivity contribution is 0.0939. The summed E-state index contributed by atoms with van der Waals surface area (Å²) in [6.45, 7) is 3.55. The average Bonchev–Trinajstić information content (AvgIpc) is 3.30. The number of nitrogens with zero attached hydrogens (tertiary/aromatic N) is 2. The highest BCUT2D eigenvalue weighted by atomic mass is 16.6. The Morgan fingerprint density at radius 1 is 1.25 bits per heavy atom. The molecule has 2 heterocycles. The lowest BCUT2D eigenvalue weighted by atomic mass is 9.78. The van der Waals surface area contributed by atoms with E-state index in [2.05, 4.69) is 22.5 Å². The summed E-state index contributed by atoms with van der Waals surface area (Å²) in [5.41, 5.74) is 2.27. The van der Waals surface area contributed by atoms with Crippen LogP contribution in [0.2, 0.25) is 0 Å². The molecule has 4 rings (SSSR count). The van der Waals surface area contributed by atoms with Crippen molar-refractivity contribution in [2.24, 2.45) is 7.05 Å². The van der Waals surface area contributed by atoms with Crippen molar-refractivity contribution in [1.29, 1.82) is 0 Å². The monoisotopic (exact) mass is 385 g/mol. The van der Waals surface area contributed by atoms with E-state index < -0.39 is 0 Å². The molecule has 1 fully saturated rings. The van der Waals surface area contributed by atoms with Gasteiger partial charge in [-0.3, -0.25) is 4.79 Å². The average molecular weight is 385 g/mol. The van der Waals surface area contributed by atoms with Crippen molar-refractivity contribution in [3.8, 4) is 17.4 Å². The summed E-state index contributed by atoms with van der Waals surface area (Å²) in [6.07, 6.45) is 4.38. The summed E-state index contributed by atoms with van der Waals surface area (Å²) in [7, 11) is 3.33. The second-order valence-electron chi connectivity index (χ2n) is 7.62. The fraction of sp³-hybridized carbons (Fsp3) is 0.524. The van der Waals surface area contributed by atoms with Crippen LogP contribution in [-0.2, 0) is 12.5 Å². The molecular formula is C21H27N3O4. The van der Waals surface area contributed by atoms with Crippen molar-refractivity contribution in [2.45, 2.75) is 38.0 Å². The van der Waals surface area contributed by atoms with Crippen molar-refractivity contribution in [2.75, 3.05) is 26.9 Å². The summed E-state index contributed by atoms with van der Waals surface area (Å²) in [6, 6.07) is 6.18. The second kappa shape index (κ2) is 7.37. The van der Waals surface area contributed by atoms with Gasteiger partial charge in [-0.2, -0.15) is 5.10 Å².